The zero-order chi connectivity index (χ0) is 17.1. The molecule has 8 heteroatoms. The Kier molecular flexibility index (Phi) is 5.25. The number of hydrogen-bond acceptors (Lipinski definition) is 5. The van der Waals surface area contributed by atoms with Crippen molar-refractivity contribution in [3.63, 3.8) is 0 Å². The van der Waals surface area contributed by atoms with Gasteiger partial charge in [0.15, 0.2) is 15.7 Å². The van der Waals surface area contributed by atoms with E-state index in [2.05, 4.69) is 27.1 Å². The maximum atomic E-state index is 12.4. The fourth-order valence-corrected chi connectivity index (χ4v) is 4.19. The number of carbonyl (C=O) groups excluding carboxylic acids is 1. The Hall–Kier alpha value is -1.80. The van der Waals surface area contributed by atoms with Gasteiger partial charge in [0.1, 0.15) is 0 Å². The first-order valence-corrected chi connectivity index (χ1v) is 9.37. The minimum Gasteiger partial charge on any atom is -0.302 e. The molecule has 1 aliphatic rings. The monoisotopic (exact) mass is 363 g/mol. The topological polar surface area (TPSA) is 75.6 Å². The lowest BCUT2D eigenvalue weighted by Crippen LogP contribution is -2.24. The summed E-state index contributed by atoms with van der Waals surface area (Å²) in [7, 11) is 0. The van der Waals surface area contributed by atoms with Crippen LogP contribution in [-0.4, -0.2) is 25.7 Å². The first kappa shape index (κ1) is 17.0. The molecule has 0 spiro atoms. The van der Waals surface area contributed by atoms with E-state index in [1.807, 2.05) is 11.5 Å². The molecule has 0 atom stereocenters. The van der Waals surface area contributed by atoms with Crippen molar-refractivity contribution in [2.45, 2.75) is 45.6 Å². The minimum atomic E-state index is 0.0833. The average Bonchev–Trinajstić information content (AvgIpc) is 3.12. The predicted molar refractivity (Wildman–Crippen MR) is 98.7 cm³/mol. The highest BCUT2D eigenvalue weighted by Crippen LogP contribution is 2.32. The van der Waals surface area contributed by atoms with Crippen LogP contribution in [0, 0.1) is 17.6 Å². The number of carbonyl (C=O) groups is 1. The van der Waals surface area contributed by atoms with Gasteiger partial charge in [-0.3, -0.25) is 14.5 Å². The molecule has 2 aromatic heterocycles. The first-order chi connectivity index (χ1) is 11.6. The van der Waals surface area contributed by atoms with Crippen molar-refractivity contribution in [3.8, 4) is 10.7 Å². The normalized spacial score (nSPS) is 15.4. The smallest absolute Gasteiger partial charge is 0.229 e. The van der Waals surface area contributed by atoms with Gasteiger partial charge in [-0.15, -0.1) is 6.58 Å². The molecule has 0 radical (unpaired) electrons. The number of anilines is 1. The fourth-order valence-electron chi connectivity index (χ4n) is 3.02. The van der Waals surface area contributed by atoms with Crippen molar-refractivity contribution in [2.75, 3.05) is 5.32 Å². The summed E-state index contributed by atoms with van der Waals surface area (Å²) in [6.45, 7) is 6.24. The number of thiazole rings is 1. The molecular formula is C16H21N5OS2. The summed E-state index contributed by atoms with van der Waals surface area (Å²) in [5, 5.41) is 10.7. The standard InChI is InChI=1S/C16H21N5OS2/c1-3-9-21-13(19-20-16(21)23)12-10(2)17-15(24-12)18-14(22)11-7-5-4-6-8-11/h3,11H,1,4-9H2,2H3,(H,20,23)(H,17,18,22). The van der Waals surface area contributed by atoms with Gasteiger partial charge in [-0.05, 0) is 32.0 Å². The van der Waals surface area contributed by atoms with Crippen LogP contribution >= 0.6 is 23.6 Å². The van der Waals surface area contributed by atoms with E-state index in [0.29, 0.717) is 16.4 Å². The lowest BCUT2D eigenvalue weighted by Gasteiger charge is -2.19. The molecule has 1 saturated carbocycles. The minimum absolute atomic E-state index is 0.0833. The number of hydrogen-bond donors (Lipinski definition) is 2. The lowest BCUT2D eigenvalue weighted by atomic mass is 9.89. The molecule has 1 aliphatic carbocycles. The van der Waals surface area contributed by atoms with Crippen LogP contribution in [0.4, 0.5) is 5.13 Å². The van der Waals surface area contributed by atoms with Gasteiger partial charge in [-0.25, -0.2) is 4.98 Å². The van der Waals surface area contributed by atoms with E-state index in [1.54, 1.807) is 6.08 Å². The summed E-state index contributed by atoms with van der Waals surface area (Å²) in [5.74, 6) is 0.926. The number of allylic oxidation sites excluding steroid dienone is 1. The van der Waals surface area contributed by atoms with E-state index in [4.69, 9.17) is 12.2 Å². The Morgan fingerprint density at radius 1 is 1.50 bits per heavy atom. The Balaban J connectivity index is 1.81. The van der Waals surface area contributed by atoms with E-state index in [9.17, 15) is 4.79 Å². The van der Waals surface area contributed by atoms with Crippen molar-refractivity contribution >= 4 is 34.6 Å². The van der Waals surface area contributed by atoms with E-state index in [1.165, 1.54) is 17.8 Å². The summed E-state index contributed by atoms with van der Waals surface area (Å²) in [6, 6.07) is 0. The van der Waals surface area contributed by atoms with Crippen LogP contribution in [0.2, 0.25) is 0 Å². The van der Waals surface area contributed by atoms with Gasteiger partial charge in [-0.2, -0.15) is 5.10 Å². The molecule has 2 heterocycles. The van der Waals surface area contributed by atoms with Crippen molar-refractivity contribution < 1.29 is 4.79 Å². The van der Waals surface area contributed by atoms with Crippen molar-refractivity contribution in [2.24, 2.45) is 5.92 Å². The van der Waals surface area contributed by atoms with Gasteiger partial charge in [0.2, 0.25) is 5.91 Å². The molecule has 1 fully saturated rings. The summed E-state index contributed by atoms with van der Waals surface area (Å²) in [6.07, 6.45) is 7.22. The maximum absolute atomic E-state index is 12.4. The van der Waals surface area contributed by atoms with Crippen molar-refractivity contribution in [1.29, 1.82) is 0 Å². The van der Waals surface area contributed by atoms with Gasteiger partial charge < -0.3 is 5.32 Å². The molecule has 0 unspecified atom stereocenters. The van der Waals surface area contributed by atoms with Crippen LogP contribution in [0.1, 0.15) is 37.8 Å². The molecule has 2 N–H and O–H groups in total. The van der Waals surface area contributed by atoms with Crippen LogP contribution in [0.25, 0.3) is 10.7 Å². The van der Waals surface area contributed by atoms with Gasteiger partial charge in [0.25, 0.3) is 0 Å². The molecular weight excluding hydrogens is 342 g/mol. The summed E-state index contributed by atoms with van der Waals surface area (Å²) in [4.78, 5) is 17.8. The SMILES string of the molecule is C=CCn1c(-c2sc(NC(=O)C3CCCCC3)nc2C)n[nH]c1=S. The van der Waals surface area contributed by atoms with Gasteiger partial charge in [-0.1, -0.05) is 36.7 Å². The molecule has 128 valence electrons. The Bertz CT molecular complexity index is 798. The third-order valence-corrected chi connectivity index (χ3v) is 5.66. The number of H-pyrrole nitrogens is 1. The lowest BCUT2D eigenvalue weighted by molar-refractivity contribution is -0.120. The van der Waals surface area contributed by atoms with Gasteiger partial charge >= 0.3 is 0 Å². The molecule has 6 nitrogen and oxygen atoms in total. The van der Waals surface area contributed by atoms with Crippen molar-refractivity contribution in [3.05, 3.63) is 23.1 Å². The number of amides is 1. The summed E-state index contributed by atoms with van der Waals surface area (Å²) >= 11 is 6.69. The van der Waals surface area contributed by atoms with E-state index >= 15 is 0 Å². The Labute approximate surface area is 150 Å². The third-order valence-electron chi connectivity index (χ3n) is 4.28. The number of nitrogens with one attached hydrogen (secondary N) is 2. The number of aromatic nitrogens is 4. The second kappa shape index (κ2) is 7.40. The second-order valence-corrected chi connectivity index (χ2v) is 7.40. The highest BCUT2D eigenvalue weighted by molar-refractivity contribution is 7.71. The molecule has 2 aromatic rings. The van der Waals surface area contributed by atoms with E-state index in [-0.39, 0.29) is 11.8 Å². The van der Waals surface area contributed by atoms with E-state index in [0.717, 1.165) is 42.1 Å². The van der Waals surface area contributed by atoms with Crippen LogP contribution in [0.3, 0.4) is 0 Å². The van der Waals surface area contributed by atoms with Crippen molar-refractivity contribution in [1.82, 2.24) is 19.7 Å². The summed E-state index contributed by atoms with van der Waals surface area (Å²) < 4.78 is 2.42. The highest BCUT2D eigenvalue weighted by Gasteiger charge is 2.23. The molecule has 0 saturated heterocycles. The predicted octanol–water partition coefficient (Wildman–Crippen LogP) is 4.08. The summed E-state index contributed by atoms with van der Waals surface area (Å²) in [5.41, 5.74) is 0.832. The van der Waals surface area contributed by atoms with Crippen LogP contribution < -0.4 is 5.32 Å². The number of aromatic amines is 1. The van der Waals surface area contributed by atoms with Crippen LogP contribution in [0.15, 0.2) is 12.7 Å². The largest absolute Gasteiger partial charge is 0.302 e. The molecule has 0 aromatic carbocycles. The zero-order valence-electron chi connectivity index (χ0n) is 13.7. The number of nitrogens with zero attached hydrogens (tertiary/aromatic N) is 3. The molecule has 0 aliphatic heterocycles. The third kappa shape index (κ3) is 3.49. The Morgan fingerprint density at radius 2 is 2.25 bits per heavy atom. The quantitative estimate of drug-likeness (QED) is 0.620. The van der Waals surface area contributed by atoms with Crippen LogP contribution in [0.5, 0.6) is 0 Å². The van der Waals surface area contributed by atoms with Crippen LogP contribution in [-0.2, 0) is 11.3 Å². The second-order valence-electron chi connectivity index (χ2n) is 6.01. The number of aryl methyl sites for hydroxylation is 1. The fraction of sp³-hybridized carbons (Fsp3) is 0.500. The van der Waals surface area contributed by atoms with Gasteiger partial charge in [0, 0.05) is 12.5 Å². The van der Waals surface area contributed by atoms with E-state index < -0.39 is 0 Å². The molecule has 0 bridgehead atoms. The Morgan fingerprint density at radius 3 is 2.96 bits per heavy atom. The molecule has 24 heavy (non-hydrogen) atoms. The highest BCUT2D eigenvalue weighted by atomic mass is 32.1. The molecule has 3 rings (SSSR count). The molecule has 1 amide bonds. The van der Waals surface area contributed by atoms with Gasteiger partial charge in [0.05, 0.1) is 10.6 Å². The number of rotatable bonds is 5. The average molecular weight is 364 g/mol. The zero-order valence-corrected chi connectivity index (χ0v) is 15.3. The first-order valence-electron chi connectivity index (χ1n) is 8.15. The maximum Gasteiger partial charge on any atom is 0.229 e.